The monoisotopic (exact) mass is 663 g/mol. The number of alkyl halides is 1. The molecule has 0 radical (unpaired) electrons. The fourth-order valence-corrected chi connectivity index (χ4v) is 5.78. The standard InChI is InChI=1S/C28H25F2NO4.C9H9FO.CH3F/c1-14-11-18-19(12-16(29)13-20(18)30)24(22(14)26(27(32)33)35-28(2,3)4)17-5-6-21-23-15(8-10-34-21)7-9-31-25(17)23;1-7(11)6-8-2-4-9(10)5-3-8;1-2/h5-7,9,11-13,26H,8,10H2,1-4H3,(H,32,33);2-5H,6H2,1H3;1H3/t26-;;/m0../s1. The molecule has 0 bridgehead atoms. The van der Waals surface area contributed by atoms with Gasteiger partial charge in [-0.05, 0) is 105 Å². The van der Waals surface area contributed by atoms with Crippen LogP contribution >= 0.6 is 0 Å². The van der Waals surface area contributed by atoms with Crippen LogP contribution in [-0.2, 0) is 27.2 Å². The lowest BCUT2D eigenvalue weighted by Crippen LogP contribution is -2.28. The van der Waals surface area contributed by atoms with Crippen LogP contribution in [-0.4, -0.2) is 41.2 Å². The van der Waals surface area contributed by atoms with Gasteiger partial charge in [0.05, 0.1) is 24.9 Å². The molecule has 48 heavy (non-hydrogen) atoms. The summed E-state index contributed by atoms with van der Waals surface area (Å²) in [6, 6.07) is 15.1. The summed E-state index contributed by atoms with van der Waals surface area (Å²) >= 11 is 0. The highest BCUT2D eigenvalue weighted by Crippen LogP contribution is 2.45. The number of nitrogens with zero attached hydrogens (tertiary/aromatic N) is 1. The third-order valence-electron chi connectivity index (χ3n) is 7.58. The van der Waals surface area contributed by atoms with Crippen LogP contribution in [0.2, 0.25) is 0 Å². The largest absolute Gasteiger partial charge is 0.493 e. The summed E-state index contributed by atoms with van der Waals surface area (Å²) in [5.41, 5.74) is 3.51. The number of hydrogen-bond acceptors (Lipinski definition) is 5. The molecule has 1 aliphatic heterocycles. The number of ketones is 1. The number of pyridine rings is 1. The minimum absolute atomic E-state index is 0.0941. The summed E-state index contributed by atoms with van der Waals surface area (Å²) in [6.45, 7) is 9.06. The van der Waals surface area contributed by atoms with Crippen molar-refractivity contribution in [2.75, 3.05) is 13.8 Å². The van der Waals surface area contributed by atoms with Crippen LogP contribution in [0.15, 0.2) is 66.9 Å². The third-order valence-corrected chi connectivity index (χ3v) is 7.58. The molecular formula is C38H37F4NO5. The Morgan fingerprint density at radius 1 is 0.958 bits per heavy atom. The van der Waals surface area contributed by atoms with Crippen LogP contribution in [0, 0.1) is 24.4 Å². The zero-order valence-corrected chi connectivity index (χ0v) is 27.6. The summed E-state index contributed by atoms with van der Waals surface area (Å²) in [6.07, 6.45) is 1.41. The van der Waals surface area contributed by atoms with E-state index in [0.717, 1.165) is 22.6 Å². The summed E-state index contributed by atoms with van der Waals surface area (Å²) in [7, 11) is 0.500. The zero-order valence-electron chi connectivity index (χ0n) is 27.6. The van der Waals surface area contributed by atoms with Gasteiger partial charge in [-0.1, -0.05) is 12.1 Å². The Bertz CT molecular complexity index is 1960. The lowest BCUT2D eigenvalue weighted by atomic mass is 9.85. The number of carboxylic acids is 1. The molecule has 10 heteroatoms. The van der Waals surface area contributed by atoms with E-state index in [0.29, 0.717) is 60.1 Å². The first-order chi connectivity index (χ1) is 22.7. The number of carbonyl (C=O) groups is 2. The molecule has 252 valence electrons. The van der Waals surface area contributed by atoms with E-state index in [1.807, 2.05) is 6.07 Å². The first kappa shape index (κ1) is 36.0. The van der Waals surface area contributed by atoms with Gasteiger partial charge >= 0.3 is 5.97 Å². The number of carbonyl (C=O) groups excluding carboxylic acids is 1. The second-order valence-electron chi connectivity index (χ2n) is 12.3. The predicted octanol–water partition coefficient (Wildman–Crippen LogP) is 9.06. The van der Waals surface area contributed by atoms with Crippen molar-refractivity contribution in [1.82, 2.24) is 4.98 Å². The zero-order chi connectivity index (χ0) is 35.3. The van der Waals surface area contributed by atoms with Gasteiger partial charge in [-0.2, -0.15) is 0 Å². The molecule has 5 aromatic rings. The summed E-state index contributed by atoms with van der Waals surface area (Å²) in [5.74, 6) is -2.17. The van der Waals surface area contributed by atoms with Crippen LogP contribution in [0.3, 0.4) is 0 Å². The van der Waals surface area contributed by atoms with Crippen LogP contribution in [0.1, 0.15) is 56.1 Å². The Labute approximate surface area is 276 Å². The number of Topliss-reactive ketones (excluding diaryl/α,β-unsaturated/α-hetero) is 1. The Balaban J connectivity index is 0.000000339. The molecule has 1 atom stereocenters. The van der Waals surface area contributed by atoms with Crippen LogP contribution in [0.25, 0.3) is 32.8 Å². The van der Waals surface area contributed by atoms with E-state index in [1.54, 1.807) is 64.2 Å². The van der Waals surface area contributed by atoms with Gasteiger partial charge in [0.1, 0.15) is 29.0 Å². The molecule has 0 saturated carbocycles. The minimum Gasteiger partial charge on any atom is -0.493 e. The number of rotatable bonds is 6. The number of carboxylic acid groups (broad SMARTS) is 1. The van der Waals surface area contributed by atoms with E-state index in [-0.39, 0.29) is 22.4 Å². The van der Waals surface area contributed by atoms with Gasteiger partial charge in [-0.3, -0.25) is 14.2 Å². The molecule has 1 aliphatic rings. The molecule has 0 unspecified atom stereocenters. The summed E-state index contributed by atoms with van der Waals surface area (Å²) in [5, 5.41) is 11.5. The average Bonchev–Trinajstić information content (AvgIpc) is 3.02. The van der Waals surface area contributed by atoms with E-state index in [1.165, 1.54) is 25.1 Å². The van der Waals surface area contributed by atoms with E-state index in [9.17, 15) is 32.3 Å². The lowest BCUT2D eigenvalue weighted by molar-refractivity contribution is -0.160. The van der Waals surface area contributed by atoms with Crippen LogP contribution in [0.4, 0.5) is 17.6 Å². The highest BCUT2D eigenvalue weighted by atomic mass is 19.1. The molecule has 6 rings (SSSR count). The molecule has 2 heterocycles. The number of fused-ring (bicyclic) bond motifs is 1. The molecule has 1 aromatic heterocycles. The van der Waals surface area contributed by atoms with Crippen molar-refractivity contribution in [1.29, 1.82) is 0 Å². The molecule has 0 amide bonds. The molecule has 0 spiro atoms. The highest BCUT2D eigenvalue weighted by Gasteiger charge is 2.33. The maximum absolute atomic E-state index is 15.0. The number of aromatic nitrogens is 1. The number of benzene rings is 4. The van der Waals surface area contributed by atoms with Crippen LogP contribution < -0.4 is 4.74 Å². The van der Waals surface area contributed by atoms with Gasteiger partial charge in [0.15, 0.2) is 6.10 Å². The van der Waals surface area contributed by atoms with Crippen molar-refractivity contribution < 1.29 is 41.7 Å². The normalized spacial score (nSPS) is 12.7. The second kappa shape index (κ2) is 14.9. The van der Waals surface area contributed by atoms with E-state index >= 15 is 0 Å². The quantitative estimate of drug-likeness (QED) is 0.183. The van der Waals surface area contributed by atoms with Gasteiger partial charge < -0.3 is 14.6 Å². The van der Waals surface area contributed by atoms with E-state index in [4.69, 9.17) is 9.47 Å². The van der Waals surface area contributed by atoms with E-state index in [2.05, 4.69) is 4.98 Å². The Morgan fingerprint density at radius 3 is 2.27 bits per heavy atom. The van der Waals surface area contributed by atoms with E-state index < -0.39 is 29.3 Å². The lowest BCUT2D eigenvalue weighted by Gasteiger charge is -2.29. The van der Waals surface area contributed by atoms with Gasteiger partial charge in [0, 0.05) is 47.0 Å². The number of hydrogen-bond donors (Lipinski definition) is 1. The fraction of sp³-hybridized carbons (Fsp3) is 0.289. The van der Waals surface area contributed by atoms with Crippen LogP contribution in [0.5, 0.6) is 5.75 Å². The summed E-state index contributed by atoms with van der Waals surface area (Å²) < 4.78 is 63.2. The van der Waals surface area contributed by atoms with Crippen molar-refractivity contribution in [3.8, 4) is 16.9 Å². The third kappa shape index (κ3) is 7.99. The van der Waals surface area contributed by atoms with Gasteiger partial charge in [-0.15, -0.1) is 0 Å². The minimum atomic E-state index is -1.37. The maximum Gasteiger partial charge on any atom is 0.337 e. The van der Waals surface area contributed by atoms with Crippen molar-refractivity contribution in [3.05, 3.63) is 107 Å². The number of aliphatic carboxylic acids is 1. The van der Waals surface area contributed by atoms with Crippen molar-refractivity contribution in [2.24, 2.45) is 0 Å². The number of ether oxygens (including phenoxy) is 2. The van der Waals surface area contributed by atoms with Gasteiger partial charge in [-0.25, -0.2) is 18.0 Å². The fourth-order valence-electron chi connectivity index (χ4n) is 5.78. The molecule has 4 aromatic carbocycles. The Morgan fingerprint density at radius 2 is 1.65 bits per heavy atom. The first-order valence-electron chi connectivity index (χ1n) is 15.2. The van der Waals surface area contributed by atoms with Crippen molar-refractivity contribution >= 4 is 33.4 Å². The molecule has 1 N–H and O–H groups in total. The Hall–Kier alpha value is -4.83. The average molecular weight is 664 g/mol. The Kier molecular flexibility index (Phi) is 11.2. The molecule has 0 saturated heterocycles. The van der Waals surface area contributed by atoms with Crippen molar-refractivity contribution in [2.45, 2.75) is 59.2 Å². The van der Waals surface area contributed by atoms with Crippen molar-refractivity contribution in [3.63, 3.8) is 0 Å². The molecule has 6 nitrogen and oxygen atoms in total. The molecule has 0 fully saturated rings. The second-order valence-corrected chi connectivity index (χ2v) is 12.3. The van der Waals surface area contributed by atoms with Gasteiger partial charge in [0.25, 0.3) is 0 Å². The number of halogens is 4. The topological polar surface area (TPSA) is 85.7 Å². The smallest absolute Gasteiger partial charge is 0.337 e. The maximum atomic E-state index is 15.0. The highest BCUT2D eigenvalue weighted by molar-refractivity contribution is 6.09. The molecule has 0 aliphatic carbocycles. The van der Waals surface area contributed by atoms with Gasteiger partial charge in [0.2, 0.25) is 0 Å². The first-order valence-corrected chi connectivity index (χ1v) is 15.2. The predicted molar refractivity (Wildman–Crippen MR) is 178 cm³/mol. The summed E-state index contributed by atoms with van der Waals surface area (Å²) in [4.78, 5) is 27.7. The number of aryl methyl sites for hydroxylation is 1. The SMILES string of the molecule is CC(=O)Cc1ccc(F)cc1.CF.Cc1cc2c(F)cc(F)cc2c(-c2ccc3c4c(ccnc24)CCO3)c1[C@H](OC(C)(C)C)C(=O)O. The molecular weight excluding hydrogens is 626 g/mol.